The van der Waals surface area contributed by atoms with Gasteiger partial charge in [0, 0.05) is 21.8 Å². The number of aromatic amines is 1. The fraction of sp³-hybridized carbons (Fsp3) is 0.133. The Morgan fingerprint density at radius 2 is 1.32 bits per heavy atom. The average molecular weight is 271 g/mol. The number of aromatic nitrogens is 1. The number of ether oxygens (including phenoxy) is 2. The van der Waals surface area contributed by atoms with Gasteiger partial charge in [0.25, 0.3) is 0 Å². The van der Waals surface area contributed by atoms with Crippen molar-refractivity contribution in [3.8, 4) is 11.5 Å². The third-order valence-corrected chi connectivity index (χ3v) is 3.65. The van der Waals surface area contributed by atoms with Crippen LogP contribution in [0, 0.1) is 4.51 Å². The molecule has 0 aliphatic heterocycles. The zero-order chi connectivity index (χ0) is 13.4. The van der Waals surface area contributed by atoms with Gasteiger partial charge in [-0.15, -0.1) is 0 Å². The predicted octanol–water partition coefficient (Wildman–Crippen LogP) is 4.07. The van der Waals surface area contributed by atoms with Gasteiger partial charge in [0.05, 0.1) is 18.7 Å². The molecule has 2 aromatic carbocycles. The Kier molecular flexibility index (Phi) is 2.87. The highest BCUT2D eigenvalue weighted by atomic mass is 32.1. The number of pyridine rings is 1. The summed E-state index contributed by atoms with van der Waals surface area (Å²) >= 11 is 5.58. The largest absolute Gasteiger partial charge is 0.497 e. The Morgan fingerprint density at radius 3 is 1.74 bits per heavy atom. The third-order valence-electron chi connectivity index (χ3n) is 3.21. The molecule has 1 N–H and O–H groups in total. The van der Waals surface area contributed by atoms with E-state index in [-0.39, 0.29) is 0 Å². The minimum absolute atomic E-state index is 0.800. The van der Waals surface area contributed by atoms with Crippen LogP contribution in [0.2, 0.25) is 0 Å². The van der Waals surface area contributed by atoms with Crippen molar-refractivity contribution in [1.29, 1.82) is 0 Å². The summed E-state index contributed by atoms with van der Waals surface area (Å²) in [6.45, 7) is 0. The molecule has 3 rings (SSSR count). The van der Waals surface area contributed by atoms with Crippen LogP contribution in [0.4, 0.5) is 0 Å². The molecular formula is C15H13NO2S. The van der Waals surface area contributed by atoms with Crippen LogP contribution in [0.15, 0.2) is 36.4 Å². The van der Waals surface area contributed by atoms with E-state index < -0.39 is 0 Å². The summed E-state index contributed by atoms with van der Waals surface area (Å²) in [5, 5.41) is 1.96. The lowest BCUT2D eigenvalue weighted by atomic mass is 10.1. The molecule has 0 bridgehead atoms. The molecule has 3 nitrogen and oxygen atoms in total. The molecule has 0 saturated carbocycles. The summed E-state index contributed by atoms with van der Waals surface area (Å²) in [6.07, 6.45) is 0. The maximum atomic E-state index is 5.58. The highest BCUT2D eigenvalue weighted by Crippen LogP contribution is 2.27. The van der Waals surface area contributed by atoms with Crippen LogP contribution in [0.3, 0.4) is 0 Å². The summed E-state index contributed by atoms with van der Waals surface area (Å²) in [4.78, 5) is 3.37. The minimum Gasteiger partial charge on any atom is -0.497 e. The Bertz CT molecular complexity index is 758. The Labute approximate surface area is 115 Å². The van der Waals surface area contributed by atoms with Crippen molar-refractivity contribution < 1.29 is 9.47 Å². The molecule has 3 aromatic rings. The van der Waals surface area contributed by atoms with Crippen molar-refractivity contribution >= 4 is 34.0 Å². The molecule has 0 atom stereocenters. The summed E-state index contributed by atoms with van der Waals surface area (Å²) in [6, 6.07) is 11.7. The lowest BCUT2D eigenvalue weighted by Gasteiger charge is -2.07. The minimum atomic E-state index is 0.800. The monoisotopic (exact) mass is 271 g/mol. The molecule has 0 aliphatic rings. The van der Waals surface area contributed by atoms with E-state index >= 15 is 0 Å². The number of rotatable bonds is 2. The molecular weight excluding hydrogens is 258 g/mol. The van der Waals surface area contributed by atoms with Crippen LogP contribution in [0.5, 0.6) is 11.5 Å². The van der Waals surface area contributed by atoms with E-state index in [1.807, 2.05) is 36.4 Å². The Balaban J connectivity index is 2.43. The molecule has 96 valence electrons. The molecule has 4 heteroatoms. The number of nitrogens with one attached hydrogen (secondary N) is 1. The second-order valence-electron chi connectivity index (χ2n) is 4.28. The van der Waals surface area contributed by atoms with Crippen LogP contribution in [-0.4, -0.2) is 19.2 Å². The molecule has 1 heterocycles. The fourth-order valence-electron chi connectivity index (χ4n) is 2.18. The van der Waals surface area contributed by atoms with Crippen LogP contribution < -0.4 is 9.47 Å². The van der Waals surface area contributed by atoms with E-state index in [1.54, 1.807) is 14.2 Å². The zero-order valence-corrected chi connectivity index (χ0v) is 11.5. The average Bonchev–Trinajstić information content (AvgIpc) is 2.47. The van der Waals surface area contributed by atoms with Gasteiger partial charge in [-0.3, -0.25) is 0 Å². The molecule has 0 fully saturated rings. The van der Waals surface area contributed by atoms with Gasteiger partial charge in [0.2, 0.25) is 0 Å². The number of fused-ring (bicyclic) bond motifs is 2. The summed E-state index contributed by atoms with van der Waals surface area (Å²) in [7, 11) is 3.30. The van der Waals surface area contributed by atoms with Gasteiger partial charge in [-0.25, -0.2) is 0 Å². The van der Waals surface area contributed by atoms with Crippen LogP contribution in [0.25, 0.3) is 21.8 Å². The molecule has 0 radical (unpaired) electrons. The van der Waals surface area contributed by atoms with E-state index in [0.717, 1.165) is 37.8 Å². The Morgan fingerprint density at radius 1 is 0.842 bits per heavy atom. The molecule has 0 spiro atoms. The van der Waals surface area contributed by atoms with E-state index in [1.165, 1.54) is 0 Å². The first-order valence-corrected chi connectivity index (χ1v) is 6.31. The maximum Gasteiger partial charge on any atom is 0.119 e. The second-order valence-corrected chi connectivity index (χ2v) is 4.69. The number of hydrogen-bond donors (Lipinski definition) is 1. The maximum absolute atomic E-state index is 5.58. The van der Waals surface area contributed by atoms with E-state index in [2.05, 4.69) is 4.98 Å². The number of benzene rings is 2. The van der Waals surface area contributed by atoms with Gasteiger partial charge in [0.15, 0.2) is 0 Å². The standard InChI is InChI=1S/C15H13NO2S/c1-17-9-3-5-13-11(7-9)15(19)12-8-10(18-2)4-6-14(12)16-13/h3-8H,1-2H3,(H,16,19). The Hall–Kier alpha value is -2.07. The first-order valence-electron chi connectivity index (χ1n) is 5.90. The quantitative estimate of drug-likeness (QED) is 0.563. The van der Waals surface area contributed by atoms with Gasteiger partial charge in [-0.2, -0.15) is 0 Å². The second kappa shape index (κ2) is 4.55. The van der Waals surface area contributed by atoms with Crippen molar-refractivity contribution in [2.75, 3.05) is 14.2 Å². The van der Waals surface area contributed by atoms with Crippen molar-refractivity contribution in [3.05, 3.63) is 40.9 Å². The van der Waals surface area contributed by atoms with Crippen LogP contribution >= 0.6 is 12.2 Å². The van der Waals surface area contributed by atoms with Gasteiger partial charge in [0.1, 0.15) is 11.5 Å². The van der Waals surface area contributed by atoms with Crippen LogP contribution in [-0.2, 0) is 0 Å². The number of hydrogen-bond acceptors (Lipinski definition) is 3. The lowest BCUT2D eigenvalue weighted by molar-refractivity contribution is 0.415. The number of methoxy groups -OCH3 is 2. The molecule has 19 heavy (non-hydrogen) atoms. The van der Waals surface area contributed by atoms with Crippen molar-refractivity contribution in [3.63, 3.8) is 0 Å². The summed E-state index contributed by atoms with van der Waals surface area (Å²) in [5.41, 5.74) is 2.01. The SMILES string of the molecule is COc1ccc2[nH]c3ccc(OC)cc3c(=S)c2c1. The summed E-state index contributed by atoms with van der Waals surface area (Å²) in [5.74, 6) is 1.60. The lowest BCUT2D eigenvalue weighted by Crippen LogP contribution is -1.88. The molecule has 0 aliphatic carbocycles. The van der Waals surface area contributed by atoms with E-state index in [9.17, 15) is 0 Å². The molecule has 1 aromatic heterocycles. The van der Waals surface area contributed by atoms with Gasteiger partial charge < -0.3 is 14.5 Å². The smallest absolute Gasteiger partial charge is 0.119 e. The van der Waals surface area contributed by atoms with Crippen LogP contribution in [0.1, 0.15) is 0 Å². The molecule has 0 amide bonds. The topological polar surface area (TPSA) is 34.2 Å². The highest BCUT2D eigenvalue weighted by Gasteiger charge is 2.05. The molecule has 0 unspecified atom stereocenters. The zero-order valence-electron chi connectivity index (χ0n) is 10.7. The van der Waals surface area contributed by atoms with Crippen molar-refractivity contribution in [2.45, 2.75) is 0 Å². The normalized spacial score (nSPS) is 10.8. The van der Waals surface area contributed by atoms with Crippen molar-refractivity contribution in [1.82, 2.24) is 4.98 Å². The predicted molar refractivity (Wildman–Crippen MR) is 79.7 cm³/mol. The fourth-order valence-corrected chi connectivity index (χ4v) is 2.52. The van der Waals surface area contributed by atoms with Gasteiger partial charge >= 0.3 is 0 Å². The summed E-state index contributed by atoms with van der Waals surface area (Å²) < 4.78 is 11.3. The highest BCUT2D eigenvalue weighted by molar-refractivity contribution is 7.72. The van der Waals surface area contributed by atoms with Gasteiger partial charge in [-0.05, 0) is 36.4 Å². The van der Waals surface area contributed by atoms with Gasteiger partial charge in [-0.1, -0.05) is 12.2 Å². The molecule has 0 saturated heterocycles. The van der Waals surface area contributed by atoms with E-state index in [0.29, 0.717) is 0 Å². The third kappa shape index (κ3) is 1.94. The first kappa shape index (κ1) is 12.0. The number of H-pyrrole nitrogens is 1. The first-order chi connectivity index (χ1) is 9.22. The van der Waals surface area contributed by atoms with E-state index in [4.69, 9.17) is 21.7 Å². The van der Waals surface area contributed by atoms with Crippen molar-refractivity contribution in [2.24, 2.45) is 0 Å².